The number of hydrogen-bond acceptors (Lipinski definition) is 2. The fourth-order valence-electron chi connectivity index (χ4n) is 2.57. The first kappa shape index (κ1) is 18.3. The first-order valence-electron chi connectivity index (χ1n) is 7.76. The second-order valence-electron chi connectivity index (χ2n) is 6.91. The minimum absolute atomic E-state index is 0.0316. The maximum Gasteiger partial charge on any atom is 0.416 e. The van der Waals surface area contributed by atoms with Crippen molar-refractivity contribution in [3.05, 3.63) is 35.4 Å². The van der Waals surface area contributed by atoms with Gasteiger partial charge in [-0.1, -0.05) is 20.8 Å². The van der Waals surface area contributed by atoms with Crippen LogP contribution in [-0.2, 0) is 11.0 Å². The quantitative estimate of drug-likeness (QED) is 0.787. The van der Waals surface area contributed by atoms with E-state index in [1.807, 2.05) is 20.8 Å². The number of amides is 2. The molecule has 1 heterocycles. The van der Waals surface area contributed by atoms with Gasteiger partial charge >= 0.3 is 6.18 Å². The van der Waals surface area contributed by atoms with Crippen molar-refractivity contribution in [1.82, 2.24) is 9.80 Å². The van der Waals surface area contributed by atoms with Gasteiger partial charge in [0.15, 0.2) is 0 Å². The van der Waals surface area contributed by atoms with Crippen LogP contribution in [0.15, 0.2) is 24.3 Å². The van der Waals surface area contributed by atoms with Crippen LogP contribution in [0.5, 0.6) is 0 Å². The lowest BCUT2D eigenvalue weighted by Crippen LogP contribution is -2.53. The molecule has 24 heavy (non-hydrogen) atoms. The Morgan fingerprint density at radius 2 is 1.33 bits per heavy atom. The maximum atomic E-state index is 12.6. The third-order valence-electron chi connectivity index (χ3n) is 3.95. The van der Waals surface area contributed by atoms with Crippen LogP contribution in [-0.4, -0.2) is 47.8 Å². The van der Waals surface area contributed by atoms with Gasteiger partial charge in [0.05, 0.1) is 5.56 Å². The number of piperazine rings is 1. The zero-order valence-corrected chi connectivity index (χ0v) is 14.0. The van der Waals surface area contributed by atoms with Crippen molar-refractivity contribution < 1.29 is 22.8 Å². The summed E-state index contributed by atoms with van der Waals surface area (Å²) in [6, 6.07) is 4.20. The topological polar surface area (TPSA) is 40.6 Å². The fourth-order valence-corrected chi connectivity index (χ4v) is 2.57. The predicted molar refractivity (Wildman–Crippen MR) is 83.4 cm³/mol. The van der Waals surface area contributed by atoms with E-state index in [9.17, 15) is 22.8 Å². The molecule has 1 aliphatic heterocycles. The molecule has 1 aromatic carbocycles. The van der Waals surface area contributed by atoms with Gasteiger partial charge in [-0.05, 0) is 24.3 Å². The van der Waals surface area contributed by atoms with Gasteiger partial charge in [-0.3, -0.25) is 9.59 Å². The van der Waals surface area contributed by atoms with Crippen molar-refractivity contribution in [3.63, 3.8) is 0 Å². The Kier molecular flexibility index (Phi) is 4.92. The van der Waals surface area contributed by atoms with Crippen molar-refractivity contribution in [2.45, 2.75) is 26.9 Å². The summed E-state index contributed by atoms with van der Waals surface area (Å²) in [5.74, 6) is -0.282. The minimum atomic E-state index is -4.42. The summed E-state index contributed by atoms with van der Waals surface area (Å²) >= 11 is 0. The molecule has 0 aliphatic carbocycles. The summed E-state index contributed by atoms with van der Waals surface area (Å²) in [6.07, 6.45) is -4.42. The highest BCUT2D eigenvalue weighted by Gasteiger charge is 2.32. The summed E-state index contributed by atoms with van der Waals surface area (Å²) in [6.45, 7) is 7.15. The molecule has 0 spiro atoms. The number of carbonyl (C=O) groups is 2. The smallest absolute Gasteiger partial charge is 0.339 e. The van der Waals surface area contributed by atoms with Crippen molar-refractivity contribution in [2.75, 3.05) is 26.2 Å². The van der Waals surface area contributed by atoms with E-state index in [0.717, 1.165) is 12.1 Å². The van der Waals surface area contributed by atoms with E-state index in [1.54, 1.807) is 9.80 Å². The van der Waals surface area contributed by atoms with Crippen LogP contribution in [0.25, 0.3) is 0 Å². The molecule has 0 N–H and O–H groups in total. The third kappa shape index (κ3) is 4.07. The summed E-state index contributed by atoms with van der Waals surface area (Å²) in [7, 11) is 0. The minimum Gasteiger partial charge on any atom is -0.339 e. The standard InChI is InChI=1S/C17H21F3N2O2/c1-16(2,3)15(24)22-10-8-21(9-11-22)14(23)12-4-6-13(7-5-12)17(18,19)20/h4-7H,8-11H2,1-3H3. The third-order valence-corrected chi connectivity index (χ3v) is 3.95. The molecular formula is C17H21F3N2O2. The molecule has 0 bridgehead atoms. The molecule has 1 aromatic rings. The maximum absolute atomic E-state index is 12.6. The molecule has 1 aliphatic rings. The van der Waals surface area contributed by atoms with E-state index >= 15 is 0 Å². The fraction of sp³-hybridized carbons (Fsp3) is 0.529. The lowest BCUT2D eigenvalue weighted by atomic mass is 9.94. The van der Waals surface area contributed by atoms with E-state index in [4.69, 9.17) is 0 Å². The molecule has 7 heteroatoms. The van der Waals surface area contributed by atoms with Crippen LogP contribution >= 0.6 is 0 Å². The monoisotopic (exact) mass is 342 g/mol. The van der Waals surface area contributed by atoms with Gasteiger partial charge in [0.2, 0.25) is 5.91 Å². The summed E-state index contributed by atoms with van der Waals surface area (Å²) < 4.78 is 37.7. The zero-order valence-electron chi connectivity index (χ0n) is 14.0. The number of carbonyl (C=O) groups excluding carboxylic acids is 2. The molecule has 0 unspecified atom stereocenters. The summed E-state index contributed by atoms with van der Waals surface area (Å²) in [4.78, 5) is 27.9. The molecule has 1 fully saturated rings. The summed E-state index contributed by atoms with van der Waals surface area (Å²) in [5.41, 5.74) is -1.03. The van der Waals surface area contributed by atoms with Gasteiger partial charge in [-0.15, -0.1) is 0 Å². The van der Waals surface area contributed by atoms with E-state index in [-0.39, 0.29) is 17.4 Å². The molecule has 0 radical (unpaired) electrons. The average molecular weight is 342 g/mol. The number of benzene rings is 1. The molecule has 4 nitrogen and oxygen atoms in total. The Labute approximate surface area is 139 Å². The van der Waals surface area contributed by atoms with Crippen LogP contribution < -0.4 is 0 Å². The van der Waals surface area contributed by atoms with Crippen LogP contribution in [0.3, 0.4) is 0 Å². The second-order valence-corrected chi connectivity index (χ2v) is 6.91. The SMILES string of the molecule is CC(C)(C)C(=O)N1CCN(C(=O)c2ccc(C(F)(F)F)cc2)CC1. The molecule has 0 atom stereocenters. The number of rotatable bonds is 1. The largest absolute Gasteiger partial charge is 0.416 e. The highest BCUT2D eigenvalue weighted by atomic mass is 19.4. The lowest BCUT2D eigenvalue weighted by molar-refractivity contribution is -0.141. The number of halogens is 3. The Morgan fingerprint density at radius 1 is 0.875 bits per heavy atom. The summed E-state index contributed by atoms with van der Waals surface area (Å²) in [5, 5.41) is 0. The number of nitrogens with zero attached hydrogens (tertiary/aromatic N) is 2. The highest BCUT2D eigenvalue weighted by molar-refractivity contribution is 5.94. The van der Waals surface area contributed by atoms with Gasteiger partial charge in [-0.2, -0.15) is 13.2 Å². The van der Waals surface area contributed by atoms with Crippen molar-refractivity contribution >= 4 is 11.8 Å². The van der Waals surface area contributed by atoms with Gasteiger partial charge < -0.3 is 9.80 Å². The van der Waals surface area contributed by atoms with Crippen LogP contribution in [0, 0.1) is 5.41 Å². The number of hydrogen-bond donors (Lipinski definition) is 0. The lowest BCUT2D eigenvalue weighted by Gasteiger charge is -2.37. The van der Waals surface area contributed by atoms with Crippen LogP contribution in [0.2, 0.25) is 0 Å². The normalized spacial score (nSPS) is 16.2. The predicted octanol–water partition coefficient (Wildman–Crippen LogP) is 3.04. The highest BCUT2D eigenvalue weighted by Crippen LogP contribution is 2.29. The first-order valence-corrected chi connectivity index (χ1v) is 7.76. The van der Waals surface area contributed by atoms with Crippen molar-refractivity contribution in [3.8, 4) is 0 Å². The Bertz CT molecular complexity index is 610. The molecule has 1 saturated heterocycles. The molecule has 0 saturated carbocycles. The van der Waals surface area contributed by atoms with Gasteiger partial charge in [0.1, 0.15) is 0 Å². The van der Waals surface area contributed by atoms with E-state index < -0.39 is 17.2 Å². The van der Waals surface area contributed by atoms with E-state index in [2.05, 4.69) is 0 Å². The number of alkyl halides is 3. The first-order chi connectivity index (χ1) is 11.0. The van der Waals surface area contributed by atoms with Gasteiger partial charge in [0, 0.05) is 37.2 Å². The van der Waals surface area contributed by atoms with Crippen molar-refractivity contribution in [1.29, 1.82) is 0 Å². The molecular weight excluding hydrogens is 321 g/mol. The molecule has 0 aromatic heterocycles. The van der Waals surface area contributed by atoms with E-state index in [1.165, 1.54) is 12.1 Å². The van der Waals surface area contributed by atoms with Crippen LogP contribution in [0.1, 0.15) is 36.7 Å². The van der Waals surface area contributed by atoms with Gasteiger partial charge in [-0.25, -0.2) is 0 Å². The average Bonchev–Trinajstić information content (AvgIpc) is 2.52. The Morgan fingerprint density at radius 3 is 1.75 bits per heavy atom. The van der Waals surface area contributed by atoms with Crippen molar-refractivity contribution in [2.24, 2.45) is 5.41 Å². The van der Waals surface area contributed by atoms with Gasteiger partial charge in [0.25, 0.3) is 5.91 Å². The van der Waals surface area contributed by atoms with Crippen LogP contribution in [0.4, 0.5) is 13.2 Å². The molecule has 2 rings (SSSR count). The Balaban J connectivity index is 1.99. The second kappa shape index (κ2) is 6.45. The molecule has 132 valence electrons. The van der Waals surface area contributed by atoms with E-state index in [0.29, 0.717) is 26.2 Å². The zero-order chi connectivity index (χ0) is 18.1. The molecule has 2 amide bonds. The Hall–Kier alpha value is -2.05.